The normalized spacial score (nSPS) is 18.1. The summed E-state index contributed by atoms with van der Waals surface area (Å²) in [5.41, 5.74) is -0.439. The highest BCUT2D eigenvalue weighted by Gasteiger charge is 2.27. The van der Waals surface area contributed by atoms with E-state index in [9.17, 15) is 4.79 Å². The maximum atomic E-state index is 12.3. The van der Waals surface area contributed by atoms with E-state index in [0.717, 1.165) is 84.0 Å². The highest BCUT2D eigenvalue weighted by Crippen LogP contribution is 2.21. The summed E-state index contributed by atoms with van der Waals surface area (Å²) in [5.74, 6) is 1.38. The van der Waals surface area contributed by atoms with E-state index < -0.39 is 5.60 Å². The molecule has 0 aromatic carbocycles. The molecular formula is C21H42N4O3. The number of carbonyl (C=O) groups is 1. The van der Waals surface area contributed by atoms with Gasteiger partial charge in [-0.05, 0) is 72.6 Å². The average Bonchev–Trinajstić information content (AvgIpc) is 2.63. The second kappa shape index (κ2) is 13.6. The molecule has 0 aromatic heterocycles. The second-order valence-corrected chi connectivity index (χ2v) is 8.31. The molecule has 1 unspecified atom stereocenters. The Hall–Kier alpha value is -1.50. The first-order valence-corrected chi connectivity index (χ1v) is 10.9. The first-order chi connectivity index (χ1) is 13.4. The van der Waals surface area contributed by atoms with Crippen LogP contribution in [-0.2, 0) is 9.47 Å². The fourth-order valence-electron chi connectivity index (χ4n) is 3.18. The van der Waals surface area contributed by atoms with Gasteiger partial charge in [0.05, 0.1) is 0 Å². The maximum absolute atomic E-state index is 12.3. The first kappa shape index (κ1) is 24.5. The lowest BCUT2D eigenvalue weighted by atomic mass is 9.95. The second-order valence-electron chi connectivity index (χ2n) is 8.31. The van der Waals surface area contributed by atoms with Crippen LogP contribution in [0, 0.1) is 5.92 Å². The van der Waals surface area contributed by atoms with Gasteiger partial charge in [-0.25, -0.2) is 4.79 Å². The van der Waals surface area contributed by atoms with Crippen molar-refractivity contribution in [2.75, 3.05) is 45.9 Å². The van der Waals surface area contributed by atoms with Crippen LogP contribution in [0.15, 0.2) is 4.99 Å². The largest absolute Gasteiger partial charge is 0.444 e. The third-order valence-electron chi connectivity index (χ3n) is 4.53. The molecule has 164 valence electrons. The van der Waals surface area contributed by atoms with E-state index in [-0.39, 0.29) is 6.09 Å². The fourth-order valence-corrected chi connectivity index (χ4v) is 3.18. The smallest absolute Gasteiger partial charge is 0.410 e. The Kier molecular flexibility index (Phi) is 12.0. The van der Waals surface area contributed by atoms with Gasteiger partial charge < -0.3 is 25.0 Å². The molecule has 1 fully saturated rings. The minimum Gasteiger partial charge on any atom is -0.444 e. The van der Waals surface area contributed by atoms with Crippen molar-refractivity contribution in [1.29, 1.82) is 0 Å². The SMILES string of the molecule is CCNC(=NCCCCOCC)NCCC1CCCN(C(=O)OC(C)(C)C)C1. The van der Waals surface area contributed by atoms with E-state index >= 15 is 0 Å². The van der Waals surface area contributed by atoms with Crippen molar-refractivity contribution < 1.29 is 14.3 Å². The molecule has 2 N–H and O–H groups in total. The maximum Gasteiger partial charge on any atom is 0.410 e. The van der Waals surface area contributed by atoms with Crippen molar-refractivity contribution >= 4 is 12.1 Å². The minimum absolute atomic E-state index is 0.188. The van der Waals surface area contributed by atoms with Crippen LogP contribution >= 0.6 is 0 Å². The number of likely N-dealkylation sites (tertiary alicyclic amines) is 1. The minimum atomic E-state index is -0.439. The van der Waals surface area contributed by atoms with Gasteiger partial charge in [0.15, 0.2) is 5.96 Å². The molecule has 0 saturated carbocycles. The van der Waals surface area contributed by atoms with Crippen LogP contribution in [0.1, 0.15) is 66.7 Å². The van der Waals surface area contributed by atoms with Crippen LogP contribution in [0.5, 0.6) is 0 Å². The molecule has 0 aliphatic carbocycles. The Morgan fingerprint density at radius 3 is 2.68 bits per heavy atom. The van der Waals surface area contributed by atoms with Gasteiger partial charge in [0.2, 0.25) is 0 Å². The summed E-state index contributed by atoms with van der Waals surface area (Å²) in [6.45, 7) is 15.5. The molecule has 0 bridgehead atoms. The molecular weight excluding hydrogens is 356 g/mol. The summed E-state index contributed by atoms with van der Waals surface area (Å²) < 4.78 is 10.9. The summed E-state index contributed by atoms with van der Waals surface area (Å²) >= 11 is 0. The zero-order valence-electron chi connectivity index (χ0n) is 18.7. The van der Waals surface area contributed by atoms with E-state index in [1.54, 1.807) is 0 Å². The lowest BCUT2D eigenvalue weighted by Crippen LogP contribution is -2.44. The summed E-state index contributed by atoms with van der Waals surface area (Å²) in [6, 6.07) is 0. The molecule has 1 heterocycles. The van der Waals surface area contributed by atoms with Crippen LogP contribution in [0.4, 0.5) is 4.79 Å². The van der Waals surface area contributed by atoms with Gasteiger partial charge in [-0.1, -0.05) is 0 Å². The van der Waals surface area contributed by atoms with Gasteiger partial charge in [0, 0.05) is 45.9 Å². The monoisotopic (exact) mass is 398 g/mol. The molecule has 0 aromatic rings. The number of aliphatic imine (C=N–C) groups is 1. The first-order valence-electron chi connectivity index (χ1n) is 10.9. The lowest BCUT2D eigenvalue weighted by molar-refractivity contribution is 0.0162. The molecule has 1 rings (SSSR count). The molecule has 28 heavy (non-hydrogen) atoms. The molecule has 0 spiro atoms. The van der Waals surface area contributed by atoms with Crippen LogP contribution < -0.4 is 10.6 Å². The van der Waals surface area contributed by atoms with Gasteiger partial charge in [-0.2, -0.15) is 0 Å². The number of rotatable bonds is 10. The van der Waals surface area contributed by atoms with Crippen molar-refractivity contribution in [2.45, 2.75) is 72.3 Å². The number of nitrogens with zero attached hydrogens (tertiary/aromatic N) is 2. The molecule has 1 saturated heterocycles. The standard InChI is InChI=1S/C21H42N4O3/c1-6-22-19(23-13-8-9-16-27-7-2)24-14-12-18-11-10-15-25(17-18)20(26)28-21(3,4)5/h18H,6-17H2,1-5H3,(H2,22,23,24). The Morgan fingerprint density at radius 1 is 1.21 bits per heavy atom. The van der Waals surface area contributed by atoms with E-state index in [0.29, 0.717) is 5.92 Å². The van der Waals surface area contributed by atoms with Crippen LogP contribution in [0.2, 0.25) is 0 Å². The summed E-state index contributed by atoms with van der Waals surface area (Å²) in [6.07, 6.45) is 5.11. The van der Waals surface area contributed by atoms with Crippen molar-refractivity contribution in [3.8, 4) is 0 Å². The van der Waals surface area contributed by atoms with Gasteiger partial charge in [0.25, 0.3) is 0 Å². The summed E-state index contributed by atoms with van der Waals surface area (Å²) in [7, 11) is 0. The van der Waals surface area contributed by atoms with Crippen molar-refractivity contribution in [1.82, 2.24) is 15.5 Å². The number of nitrogens with one attached hydrogen (secondary N) is 2. The molecule has 0 radical (unpaired) electrons. The fraction of sp³-hybridized carbons (Fsp3) is 0.905. The molecule has 1 aliphatic rings. The quantitative estimate of drug-likeness (QED) is 0.335. The van der Waals surface area contributed by atoms with E-state index in [1.165, 1.54) is 0 Å². The van der Waals surface area contributed by atoms with Crippen molar-refractivity contribution in [2.24, 2.45) is 10.9 Å². The number of amides is 1. The number of hydrogen-bond acceptors (Lipinski definition) is 4. The highest BCUT2D eigenvalue weighted by molar-refractivity contribution is 5.79. The van der Waals surface area contributed by atoms with Crippen molar-refractivity contribution in [3.63, 3.8) is 0 Å². The third kappa shape index (κ3) is 11.4. The molecule has 7 nitrogen and oxygen atoms in total. The Balaban J connectivity index is 2.33. The van der Waals surface area contributed by atoms with Crippen molar-refractivity contribution in [3.05, 3.63) is 0 Å². The lowest BCUT2D eigenvalue weighted by Gasteiger charge is -2.34. The number of hydrogen-bond donors (Lipinski definition) is 2. The van der Waals surface area contributed by atoms with Crippen LogP contribution in [0.3, 0.4) is 0 Å². The number of unbranched alkanes of at least 4 members (excludes halogenated alkanes) is 1. The van der Waals surface area contributed by atoms with Gasteiger partial charge >= 0.3 is 6.09 Å². The van der Waals surface area contributed by atoms with E-state index in [2.05, 4.69) is 22.5 Å². The Bertz CT molecular complexity index is 463. The van der Waals surface area contributed by atoms with Gasteiger partial charge in [-0.3, -0.25) is 4.99 Å². The number of piperidine rings is 1. The van der Waals surface area contributed by atoms with Crippen LogP contribution in [-0.4, -0.2) is 68.5 Å². The molecule has 1 amide bonds. The van der Waals surface area contributed by atoms with Crippen LogP contribution in [0.25, 0.3) is 0 Å². The van der Waals surface area contributed by atoms with E-state index in [4.69, 9.17) is 9.47 Å². The number of ether oxygens (including phenoxy) is 2. The van der Waals surface area contributed by atoms with E-state index in [1.807, 2.05) is 32.6 Å². The summed E-state index contributed by atoms with van der Waals surface area (Å²) in [4.78, 5) is 18.8. The Morgan fingerprint density at radius 2 is 2.00 bits per heavy atom. The average molecular weight is 399 g/mol. The van der Waals surface area contributed by atoms with Gasteiger partial charge in [-0.15, -0.1) is 0 Å². The number of guanidine groups is 1. The number of carbonyl (C=O) groups excluding carboxylic acids is 1. The van der Waals surface area contributed by atoms with Gasteiger partial charge in [0.1, 0.15) is 5.60 Å². The predicted octanol–water partition coefficient (Wildman–Crippen LogP) is 3.40. The topological polar surface area (TPSA) is 75.2 Å². The molecule has 1 atom stereocenters. The third-order valence-corrected chi connectivity index (χ3v) is 4.53. The zero-order valence-corrected chi connectivity index (χ0v) is 18.7. The highest BCUT2D eigenvalue weighted by atomic mass is 16.6. The predicted molar refractivity (Wildman–Crippen MR) is 115 cm³/mol. The Labute approximate surface area is 171 Å². The molecule has 1 aliphatic heterocycles. The zero-order chi connectivity index (χ0) is 20.8. The summed E-state index contributed by atoms with van der Waals surface area (Å²) in [5, 5.41) is 6.72. The molecule has 7 heteroatoms.